The number of sulfonamides is 1. The first kappa shape index (κ1) is 18.8. The molecule has 1 aromatic rings. The lowest BCUT2D eigenvalue weighted by Crippen LogP contribution is -2.44. The van der Waals surface area contributed by atoms with Gasteiger partial charge in [0.25, 0.3) is 0 Å². The molecule has 0 amide bonds. The molecule has 0 atom stereocenters. The summed E-state index contributed by atoms with van der Waals surface area (Å²) in [6.07, 6.45) is 1.33. The molecule has 1 aromatic carbocycles. The van der Waals surface area contributed by atoms with Gasteiger partial charge in [0.05, 0.1) is 4.47 Å². The van der Waals surface area contributed by atoms with E-state index in [-0.39, 0.29) is 22.9 Å². The molecular weight excluding hydrogens is 390 g/mol. The highest BCUT2D eigenvalue weighted by molar-refractivity contribution is 9.10. The number of rotatable bonds is 3. The van der Waals surface area contributed by atoms with E-state index in [2.05, 4.69) is 21.2 Å². The molecule has 1 aliphatic heterocycles. The molecule has 120 valence electrons. The van der Waals surface area contributed by atoms with E-state index in [0.717, 1.165) is 6.07 Å². The average molecular weight is 406 g/mol. The summed E-state index contributed by atoms with van der Waals surface area (Å²) >= 11 is 2.88. The van der Waals surface area contributed by atoms with Gasteiger partial charge in [-0.15, -0.1) is 12.4 Å². The van der Waals surface area contributed by atoms with Gasteiger partial charge >= 0.3 is 0 Å². The number of piperidine rings is 1. The SMILES string of the molecule is CNC1CCN(S(=O)(=O)c2cc(Br)c(F)cc2F)CC1.Cl. The number of nitrogens with zero attached hydrogens (tertiary/aromatic N) is 1. The van der Waals surface area contributed by atoms with Crippen LogP contribution in [-0.4, -0.2) is 38.9 Å². The Morgan fingerprint density at radius 2 is 1.81 bits per heavy atom. The van der Waals surface area contributed by atoms with Gasteiger partial charge in [-0.2, -0.15) is 4.31 Å². The molecule has 2 rings (SSSR count). The first-order valence-corrected chi connectivity index (χ1v) is 8.41. The third-order valence-electron chi connectivity index (χ3n) is 3.45. The van der Waals surface area contributed by atoms with Crippen LogP contribution in [0.1, 0.15) is 12.8 Å². The van der Waals surface area contributed by atoms with Crippen molar-refractivity contribution in [1.82, 2.24) is 9.62 Å². The van der Waals surface area contributed by atoms with Gasteiger partial charge in [0.2, 0.25) is 10.0 Å². The smallest absolute Gasteiger partial charge is 0.246 e. The molecule has 1 aliphatic rings. The number of benzene rings is 1. The van der Waals surface area contributed by atoms with Gasteiger partial charge in [-0.1, -0.05) is 0 Å². The molecule has 1 saturated heterocycles. The topological polar surface area (TPSA) is 49.4 Å². The van der Waals surface area contributed by atoms with E-state index in [1.807, 2.05) is 7.05 Å². The second kappa shape index (κ2) is 7.32. The summed E-state index contributed by atoms with van der Waals surface area (Å²) in [5, 5.41) is 3.09. The van der Waals surface area contributed by atoms with Crippen LogP contribution < -0.4 is 5.32 Å². The van der Waals surface area contributed by atoms with Crippen LogP contribution in [-0.2, 0) is 10.0 Å². The zero-order chi connectivity index (χ0) is 14.9. The van der Waals surface area contributed by atoms with E-state index < -0.39 is 26.6 Å². The van der Waals surface area contributed by atoms with E-state index >= 15 is 0 Å². The van der Waals surface area contributed by atoms with Crippen LogP contribution in [0.3, 0.4) is 0 Å². The van der Waals surface area contributed by atoms with Gasteiger partial charge in [-0.05, 0) is 41.9 Å². The molecule has 0 unspecified atom stereocenters. The Labute approximate surface area is 137 Å². The minimum absolute atomic E-state index is 0. The highest BCUT2D eigenvalue weighted by Gasteiger charge is 2.31. The van der Waals surface area contributed by atoms with E-state index in [1.54, 1.807) is 0 Å². The standard InChI is InChI=1S/C12H15BrF2N2O2S.ClH/c1-16-8-2-4-17(5-3-8)20(18,19)12-6-9(13)10(14)7-11(12)15;/h6-8,16H,2-5H2,1H3;1H. The molecule has 1 fully saturated rings. The summed E-state index contributed by atoms with van der Waals surface area (Å²) in [6.45, 7) is 0.643. The summed E-state index contributed by atoms with van der Waals surface area (Å²) in [5.74, 6) is -1.89. The Balaban J connectivity index is 0.00000220. The van der Waals surface area contributed by atoms with Gasteiger partial charge in [0.1, 0.15) is 16.5 Å². The molecule has 0 aromatic heterocycles. The van der Waals surface area contributed by atoms with Crippen LogP contribution in [0.2, 0.25) is 0 Å². The maximum absolute atomic E-state index is 13.7. The molecule has 0 aliphatic carbocycles. The van der Waals surface area contributed by atoms with Gasteiger partial charge in [-0.25, -0.2) is 17.2 Å². The van der Waals surface area contributed by atoms with Gasteiger partial charge in [0, 0.05) is 25.2 Å². The summed E-state index contributed by atoms with van der Waals surface area (Å²) in [4.78, 5) is -0.492. The molecule has 9 heteroatoms. The summed E-state index contributed by atoms with van der Waals surface area (Å²) in [7, 11) is -2.10. The Bertz CT molecular complexity index is 608. The van der Waals surface area contributed by atoms with E-state index in [0.29, 0.717) is 32.0 Å². The number of hydrogen-bond acceptors (Lipinski definition) is 3. The predicted molar refractivity (Wildman–Crippen MR) is 82.1 cm³/mol. The monoisotopic (exact) mass is 404 g/mol. The van der Waals surface area contributed by atoms with Crippen LogP contribution in [0.25, 0.3) is 0 Å². The minimum Gasteiger partial charge on any atom is -0.317 e. The van der Waals surface area contributed by atoms with Gasteiger partial charge in [0.15, 0.2) is 0 Å². The second-order valence-corrected chi connectivity index (χ2v) is 7.42. The zero-order valence-corrected chi connectivity index (χ0v) is 14.5. The normalized spacial score (nSPS) is 17.5. The third kappa shape index (κ3) is 3.92. The maximum atomic E-state index is 13.7. The first-order chi connectivity index (χ1) is 9.36. The quantitative estimate of drug-likeness (QED) is 0.786. The van der Waals surface area contributed by atoms with Gasteiger partial charge < -0.3 is 5.32 Å². The largest absolute Gasteiger partial charge is 0.317 e. The summed E-state index contributed by atoms with van der Waals surface area (Å²) < 4.78 is 52.9. The van der Waals surface area contributed by atoms with Crippen LogP contribution in [0.4, 0.5) is 8.78 Å². The summed E-state index contributed by atoms with van der Waals surface area (Å²) in [5.41, 5.74) is 0. The molecule has 1 heterocycles. The lowest BCUT2D eigenvalue weighted by atomic mass is 10.1. The van der Waals surface area contributed by atoms with E-state index in [9.17, 15) is 17.2 Å². The van der Waals surface area contributed by atoms with Crippen LogP contribution >= 0.6 is 28.3 Å². The fraction of sp³-hybridized carbons (Fsp3) is 0.500. The van der Waals surface area contributed by atoms with Crippen molar-refractivity contribution in [2.24, 2.45) is 0 Å². The van der Waals surface area contributed by atoms with E-state index in [4.69, 9.17) is 0 Å². The lowest BCUT2D eigenvalue weighted by Gasteiger charge is -2.31. The van der Waals surface area contributed by atoms with Crippen LogP contribution in [0, 0.1) is 11.6 Å². The van der Waals surface area contributed by atoms with Crippen molar-refractivity contribution >= 4 is 38.4 Å². The van der Waals surface area contributed by atoms with E-state index in [1.165, 1.54) is 4.31 Å². The molecule has 21 heavy (non-hydrogen) atoms. The fourth-order valence-electron chi connectivity index (χ4n) is 2.23. The second-order valence-electron chi connectivity index (χ2n) is 4.66. The van der Waals surface area contributed by atoms with Crippen molar-refractivity contribution in [3.05, 3.63) is 28.2 Å². The third-order valence-corrected chi connectivity index (χ3v) is 5.98. The molecule has 0 radical (unpaired) electrons. The van der Waals surface area contributed by atoms with Crippen molar-refractivity contribution in [2.45, 2.75) is 23.8 Å². The van der Waals surface area contributed by atoms with Crippen molar-refractivity contribution in [3.63, 3.8) is 0 Å². The van der Waals surface area contributed by atoms with Crippen molar-refractivity contribution in [3.8, 4) is 0 Å². The Morgan fingerprint density at radius 1 is 1.24 bits per heavy atom. The molecule has 0 saturated carbocycles. The molecule has 0 bridgehead atoms. The number of hydrogen-bond donors (Lipinski definition) is 1. The van der Waals surface area contributed by atoms with Crippen LogP contribution in [0.5, 0.6) is 0 Å². The van der Waals surface area contributed by atoms with Crippen LogP contribution in [0.15, 0.2) is 21.5 Å². The minimum atomic E-state index is -3.93. The maximum Gasteiger partial charge on any atom is 0.246 e. The average Bonchev–Trinajstić information content (AvgIpc) is 2.42. The summed E-state index contributed by atoms with van der Waals surface area (Å²) in [6, 6.07) is 1.83. The number of halogens is 4. The lowest BCUT2D eigenvalue weighted by molar-refractivity contribution is 0.297. The Morgan fingerprint density at radius 3 is 2.33 bits per heavy atom. The van der Waals surface area contributed by atoms with Crippen molar-refractivity contribution < 1.29 is 17.2 Å². The first-order valence-electron chi connectivity index (χ1n) is 6.18. The highest BCUT2D eigenvalue weighted by Crippen LogP contribution is 2.27. The molecular formula is C12H16BrClF2N2O2S. The molecule has 1 N–H and O–H groups in total. The predicted octanol–water partition coefficient (Wildman–Crippen LogP) is 2.52. The molecule has 4 nitrogen and oxygen atoms in total. The number of nitrogens with one attached hydrogen (secondary N) is 1. The fourth-order valence-corrected chi connectivity index (χ4v) is 4.26. The Kier molecular flexibility index (Phi) is 6.54. The van der Waals surface area contributed by atoms with Crippen molar-refractivity contribution in [2.75, 3.05) is 20.1 Å². The van der Waals surface area contributed by atoms with Gasteiger partial charge in [-0.3, -0.25) is 0 Å². The zero-order valence-electron chi connectivity index (χ0n) is 11.3. The highest BCUT2D eigenvalue weighted by atomic mass is 79.9. The Hall–Kier alpha value is -0.280. The van der Waals surface area contributed by atoms with Crippen molar-refractivity contribution in [1.29, 1.82) is 0 Å². The molecule has 0 spiro atoms.